The molecule has 6 nitrogen and oxygen atoms in total. The molecule has 146 valence electrons. The van der Waals surface area contributed by atoms with Gasteiger partial charge in [0.05, 0.1) is 10.5 Å². The predicted octanol–water partition coefficient (Wildman–Crippen LogP) is 2.97. The Kier molecular flexibility index (Phi) is 5.99. The van der Waals surface area contributed by atoms with Gasteiger partial charge in [-0.25, -0.2) is 8.42 Å². The molecule has 0 spiro atoms. The van der Waals surface area contributed by atoms with Crippen LogP contribution in [0.5, 0.6) is 5.75 Å². The van der Waals surface area contributed by atoms with Crippen molar-refractivity contribution in [1.82, 2.24) is 4.90 Å². The van der Waals surface area contributed by atoms with E-state index in [4.69, 9.17) is 4.74 Å². The molecule has 1 amide bonds. The van der Waals surface area contributed by atoms with Crippen molar-refractivity contribution in [2.24, 2.45) is 0 Å². The lowest BCUT2D eigenvalue weighted by Gasteiger charge is -2.12. The van der Waals surface area contributed by atoms with Crippen LogP contribution in [0.15, 0.2) is 53.4 Å². The fourth-order valence-electron chi connectivity index (χ4n) is 1.93. The molecule has 2 rings (SSSR count). The fourth-order valence-corrected chi connectivity index (χ4v) is 2.99. The first kappa shape index (κ1) is 20.6. The number of hydrogen-bond acceptors (Lipinski definition) is 4. The SMILES string of the molecule is CN(C)C(=O)COc1ccc(S(=O)(=O)Nc2ccc(C(F)(F)F)cc2)cc1. The van der Waals surface area contributed by atoms with Crippen molar-refractivity contribution >= 4 is 21.6 Å². The average Bonchev–Trinajstić information content (AvgIpc) is 2.59. The largest absolute Gasteiger partial charge is 0.484 e. The van der Waals surface area contributed by atoms with Crippen LogP contribution in [0.2, 0.25) is 0 Å². The Bertz CT molecular complexity index is 893. The van der Waals surface area contributed by atoms with Crippen molar-refractivity contribution in [2.45, 2.75) is 11.1 Å². The maximum absolute atomic E-state index is 12.5. The zero-order chi connectivity index (χ0) is 20.2. The quantitative estimate of drug-likeness (QED) is 0.806. The second kappa shape index (κ2) is 7.87. The number of hydrogen-bond donors (Lipinski definition) is 1. The van der Waals surface area contributed by atoms with E-state index in [1.807, 2.05) is 0 Å². The van der Waals surface area contributed by atoms with E-state index in [2.05, 4.69) is 4.72 Å². The molecule has 2 aromatic rings. The van der Waals surface area contributed by atoms with Gasteiger partial charge in [0.15, 0.2) is 6.61 Å². The van der Waals surface area contributed by atoms with Gasteiger partial charge in [-0.2, -0.15) is 13.2 Å². The lowest BCUT2D eigenvalue weighted by Crippen LogP contribution is -2.27. The predicted molar refractivity (Wildman–Crippen MR) is 92.9 cm³/mol. The Hall–Kier alpha value is -2.75. The van der Waals surface area contributed by atoms with E-state index < -0.39 is 21.8 Å². The number of likely N-dealkylation sites (N-methyl/N-ethyl adjacent to an activating group) is 1. The number of carbonyl (C=O) groups excluding carboxylic acids is 1. The summed E-state index contributed by atoms with van der Waals surface area (Å²) in [6.07, 6.45) is -4.50. The number of nitrogens with zero attached hydrogens (tertiary/aromatic N) is 1. The molecular weight excluding hydrogens is 385 g/mol. The molecule has 0 unspecified atom stereocenters. The Morgan fingerprint density at radius 2 is 1.59 bits per heavy atom. The zero-order valence-corrected chi connectivity index (χ0v) is 15.3. The summed E-state index contributed by atoms with van der Waals surface area (Å²) in [6, 6.07) is 8.93. The lowest BCUT2D eigenvalue weighted by molar-refractivity contribution is -0.137. The molecule has 27 heavy (non-hydrogen) atoms. The number of alkyl halides is 3. The minimum Gasteiger partial charge on any atom is -0.484 e. The van der Waals surface area contributed by atoms with Gasteiger partial charge in [0.2, 0.25) is 0 Å². The summed E-state index contributed by atoms with van der Waals surface area (Å²) >= 11 is 0. The number of amides is 1. The fraction of sp³-hybridized carbons (Fsp3) is 0.235. The van der Waals surface area contributed by atoms with Crippen LogP contribution in [0.4, 0.5) is 18.9 Å². The Labute approximate surface area is 154 Å². The Balaban J connectivity index is 2.07. The molecule has 0 aliphatic heterocycles. The molecule has 0 atom stereocenters. The molecular formula is C17H17F3N2O4S. The molecule has 0 bridgehead atoms. The molecule has 0 aliphatic carbocycles. The summed E-state index contributed by atoms with van der Waals surface area (Å²) < 4.78 is 69.7. The number of rotatable bonds is 6. The minimum absolute atomic E-state index is 0.0000868. The van der Waals surface area contributed by atoms with E-state index in [1.165, 1.54) is 29.2 Å². The van der Waals surface area contributed by atoms with Crippen molar-refractivity contribution in [2.75, 3.05) is 25.4 Å². The maximum atomic E-state index is 12.5. The number of sulfonamides is 1. The van der Waals surface area contributed by atoms with Gasteiger partial charge in [-0.15, -0.1) is 0 Å². The van der Waals surface area contributed by atoms with Gasteiger partial charge < -0.3 is 9.64 Å². The first-order valence-corrected chi connectivity index (χ1v) is 9.10. The van der Waals surface area contributed by atoms with E-state index in [9.17, 15) is 26.4 Å². The lowest BCUT2D eigenvalue weighted by atomic mass is 10.2. The molecule has 0 aromatic heterocycles. The summed E-state index contributed by atoms with van der Waals surface area (Å²) in [5.74, 6) is 0.0503. The number of nitrogens with one attached hydrogen (secondary N) is 1. The van der Waals surface area contributed by atoms with Crippen molar-refractivity contribution in [3.8, 4) is 5.75 Å². The smallest absolute Gasteiger partial charge is 0.416 e. The summed E-state index contributed by atoms with van der Waals surface area (Å²) in [5.41, 5.74) is -0.876. The summed E-state index contributed by atoms with van der Waals surface area (Å²) in [5, 5.41) is 0. The van der Waals surface area contributed by atoms with Crippen LogP contribution < -0.4 is 9.46 Å². The third-order valence-electron chi connectivity index (χ3n) is 3.46. The molecule has 0 radical (unpaired) electrons. The van der Waals surface area contributed by atoms with Gasteiger partial charge in [0.25, 0.3) is 15.9 Å². The second-order valence-corrected chi connectivity index (χ2v) is 7.41. The van der Waals surface area contributed by atoms with Crippen LogP contribution in [-0.2, 0) is 21.0 Å². The molecule has 0 saturated heterocycles. The van der Waals surface area contributed by atoms with E-state index in [-0.39, 0.29) is 23.1 Å². The highest BCUT2D eigenvalue weighted by Crippen LogP contribution is 2.30. The van der Waals surface area contributed by atoms with E-state index in [0.717, 1.165) is 24.3 Å². The van der Waals surface area contributed by atoms with Gasteiger partial charge in [-0.1, -0.05) is 0 Å². The van der Waals surface area contributed by atoms with Crippen molar-refractivity contribution in [3.63, 3.8) is 0 Å². The minimum atomic E-state index is -4.50. The summed E-state index contributed by atoms with van der Waals surface area (Å²) in [4.78, 5) is 12.7. The number of benzene rings is 2. The summed E-state index contributed by atoms with van der Waals surface area (Å²) in [6.45, 7) is -0.192. The van der Waals surface area contributed by atoms with Crippen LogP contribution in [0.3, 0.4) is 0 Å². The first-order valence-electron chi connectivity index (χ1n) is 7.62. The normalized spacial score (nSPS) is 11.7. The first-order chi connectivity index (χ1) is 12.5. The van der Waals surface area contributed by atoms with Crippen LogP contribution in [0.1, 0.15) is 5.56 Å². The number of carbonyl (C=O) groups is 1. The molecule has 0 heterocycles. The molecule has 10 heteroatoms. The highest BCUT2D eigenvalue weighted by Gasteiger charge is 2.30. The van der Waals surface area contributed by atoms with Gasteiger partial charge in [0, 0.05) is 19.8 Å². The van der Waals surface area contributed by atoms with Gasteiger partial charge >= 0.3 is 6.18 Å². The third-order valence-corrected chi connectivity index (χ3v) is 4.86. The molecule has 0 fully saturated rings. The number of halogens is 3. The average molecular weight is 402 g/mol. The number of anilines is 1. The van der Waals surface area contributed by atoms with E-state index in [1.54, 1.807) is 14.1 Å². The standard InChI is InChI=1S/C17H17F3N2O4S/c1-22(2)16(23)11-26-14-7-9-15(10-8-14)27(24,25)21-13-5-3-12(4-6-13)17(18,19)20/h3-10,21H,11H2,1-2H3. The van der Waals surface area contributed by atoms with Crippen LogP contribution in [0.25, 0.3) is 0 Å². The van der Waals surface area contributed by atoms with Gasteiger partial charge in [-0.05, 0) is 48.5 Å². The van der Waals surface area contributed by atoms with Crippen molar-refractivity contribution < 1.29 is 31.1 Å². The Morgan fingerprint density at radius 1 is 1.04 bits per heavy atom. The van der Waals surface area contributed by atoms with Gasteiger partial charge in [-0.3, -0.25) is 9.52 Å². The highest BCUT2D eigenvalue weighted by atomic mass is 32.2. The van der Waals surface area contributed by atoms with Crippen molar-refractivity contribution in [1.29, 1.82) is 0 Å². The third kappa shape index (κ3) is 5.61. The Morgan fingerprint density at radius 3 is 2.07 bits per heavy atom. The van der Waals surface area contributed by atoms with Crippen molar-refractivity contribution in [3.05, 3.63) is 54.1 Å². The van der Waals surface area contributed by atoms with Crippen LogP contribution in [-0.4, -0.2) is 39.9 Å². The molecule has 0 aliphatic rings. The highest BCUT2D eigenvalue weighted by molar-refractivity contribution is 7.92. The van der Waals surface area contributed by atoms with Gasteiger partial charge in [0.1, 0.15) is 5.75 Å². The van der Waals surface area contributed by atoms with Crippen LogP contribution >= 0.6 is 0 Å². The second-order valence-electron chi connectivity index (χ2n) is 5.73. The van der Waals surface area contributed by atoms with Crippen LogP contribution in [0, 0.1) is 0 Å². The molecule has 2 aromatic carbocycles. The zero-order valence-electron chi connectivity index (χ0n) is 14.4. The topological polar surface area (TPSA) is 75.7 Å². The molecule has 0 saturated carbocycles. The van der Waals surface area contributed by atoms with E-state index in [0.29, 0.717) is 5.75 Å². The maximum Gasteiger partial charge on any atom is 0.416 e. The van der Waals surface area contributed by atoms with E-state index >= 15 is 0 Å². The monoisotopic (exact) mass is 402 g/mol. The number of ether oxygens (including phenoxy) is 1. The molecule has 1 N–H and O–H groups in total. The summed E-state index contributed by atoms with van der Waals surface area (Å²) in [7, 11) is -0.830.